The molecular weight excluding hydrogens is 287 g/mol. The number of aliphatic imine (C=N–C) groups is 1. The number of carbonyl (C=O) groups is 1. The molecular formula is C15H21FN4O2. The quantitative estimate of drug-likeness (QED) is 0.460. The molecule has 0 unspecified atom stereocenters. The summed E-state index contributed by atoms with van der Waals surface area (Å²) < 4.78 is 18.0. The zero-order valence-corrected chi connectivity index (χ0v) is 12.4. The van der Waals surface area contributed by atoms with Crippen LogP contribution in [0.2, 0.25) is 0 Å². The standard InChI is InChI=1S/C15H21FN4O2/c16-13-3-1-12(2-4-13)11-14(21)18-5-6-19-15(17)20-7-9-22-10-8-20/h1-4H,5-11H2,(H2,17,19)(H,18,21). The zero-order chi connectivity index (χ0) is 15.8. The summed E-state index contributed by atoms with van der Waals surface area (Å²) in [6, 6.07) is 5.89. The second-order valence-corrected chi connectivity index (χ2v) is 4.99. The second kappa shape index (κ2) is 8.33. The summed E-state index contributed by atoms with van der Waals surface area (Å²) in [6.07, 6.45) is 0.225. The Morgan fingerprint density at radius 2 is 2.00 bits per heavy atom. The van der Waals surface area contributed by atoms with Crippen molar-refractivity contribution < 1.29 is 13.9 Å². The Morgan fingerprint density at radius 3 is 2.68 bits per heavy atom. The maximum absolute atomic E-state index is 12.8. The number of nitrogens with one attached hydrogen (secondary N) is 1. The van der Waals surface area contributed by atoms with Crippen LogP contribution in [0.25, 0.3) is 0 Å². The van der Waals surface area contributed by atoms with Crippen LogP contribution in [0.5, 0.6) is 0 Å². The van der Waals surface area contributed by atoms with Gasteiger partial charge in [-0.25, -0.2) is 4.39 Å². The molecule has 0 radical (unpaired) electrons. The summed E-state index contributed by atoms with van der Waals surface area (Å²) in [5.74, 6) is 0.0555. The lowest BCUT2D eigenvalue weighted by Crippen LogP contribution is -2.45. The molecule has 1 fully saturated rings. The van der Waals surface area contributed by atoms with Crippen LogP contribution in [0.4, 0.5) is 4.39 Å². The molecule has 1 saturated heterocycles. The molecule has 1 aliphatic rings. The maximum Gasteiger partial charge on any atom is 0.224 e. The van der Waals surface area contributed by atoms with Crippen molar-refractivity contribution in [1.82, 2.24) is 10.2 Å². The predicted molar refractivity (Wildman–Crippen MR) is 82.0 cm³/mol. The fourth-order valence-corrected chi connectivity index (χ4v) is 2.11. The van der Waals surface area contributed by atoms with E-state index in [2.05, 4.69) is 10.3 Å². The van der Waals surface area contributed by atoms with Gasteiger partial charge in [0.2, 0.25) is 5.91 Å². The van der Waals surface area contributed by atoms with Crippen molar-refractivity contribution in [2.45, 2.75) is 6.42 Å². The minimum atomic E-state index is -0.308. The van der Waals surface area contributed by atoms with Crippen molar-refractivity contribution in [2.24, 2.45) is 10.7 Å². The fraction of sp³-hybridized carbons (Fsp3) is 0.467. The van der Waals surface area contributed by atoms with Gasteiger partial charge < -0.3 is 20.7 Å². The van der Waals surface area contributed by atoms with Crippen molar-refractivity contribution in [3.63, 3.8) is 0 Å². The maximum atomic E-state index is 12.8. The summed E-state index contributed by atoms with van der Waals surface area (Å²) >= 11 is 0. The molecule has 120 valence electrons. The first-order valence-corrected chi connectivity index (χ1v) is 7.29. The van der Waals surface area contributed by atoms with Gasteiger partial charge in [-0.05, 0) is 17.7 Å². The van der Waals surface area contributed by atoms with Crippen molar-refractivity contribution >= 4 is 11.9 Å². The molecule has 0 aromatic heterocycles. The first-order chi connectivity index (χ1) is 10.6. The Morgan fingerprint density at radius 1 is 1.32 bits per heavy atom. The van der Waals surface area contributed by atoms with Crippen LogP contribution in [0.3, 0.4) is 0 Å². The van der Waals surface area contributed by atoms with E-state index in [1.54, 1.807) is 12.1 Å². The summed E-state index contributed by atoms with van der Waals surface area (Å²) in [4.78, 5) is 17.9. The van der Waals surface area contributed by atoms with Crippen molar-refractivity contribution in [3.8, 4) is 0 Å². The summed E-state index contributed by atoms with van der Waals surface area (Å²) in [6.45, 7) is 3.65. The minimum Gasteiger partial charge on any atom is -0.378 e. The van der Waals surface area contributed by atoms with E-state index in [1.165, 1.54) is 12.1 Å². The number of ether oxygens (including phenoxy) is 1. The van der Waals surface area contributed by atoms with Crippen molar-refractivity contribution in [3.05, 3.63) is 35.6 Å². The molecule has 0 saturated carbocycles. The SMILES string of the molecule is NC(=NCCNC(=O)Cc1ccc(F)cc1)N1CCOCC1. The van der Waals surface area contributed by atoms with E-state index < -0.39 is 0 Å². The molecule has 0 spiro atoms. The number of guanidine groups is 1. The van der Waals surface area contributed by atoms with Gasteiger partial charge >= 0.3 is 0 Å². The zero-order valence-electron chi connectivity index (χ0n) is 12.4. The number of halogens is 1. The molecule has 1 aromatic carbocycles. The molecule has 6 nitrogen and oxygen atoms in total. The number of carbonyl (C=O) groups excluding carboxylic acids is 1. The van der Waals surface area contributed by atoms with Crippen LogP contribution in [0.1, 0.15) is 5.56 Å². The largest absolute Gasteiger partial charge is 0.378 e. The van der Waals surface area contributed by atoms with Gasteiger partial charge in [0.05, 0.1) is 26.2 Å². The Hall–Kier alpha value is -2.15. The average molecular weight is 308 g/mol. The highest BCUT2D eigenvalue weighted by molar-refractivity contribution is 5.79. The van der Waals surface area contributed by atoms with E-state index in [0.29, 0.717) is 32.3 Å². The Bertz CT molecular complexity index is 513. The predicted octanol–water partition coefficient (Wildman–Crippen LogP) is 0.131. The van der Waals surface area contributed by atoms with Crippen molar-refractivity contribution in [2.75, 3.05) is 39.4 Å². The number of amides is 1. The van der Waals surface area contributed by atoms with Gasteiger partial charge in [-0.3, -0.25) is 9.79 Å². The normalized spacial score (nSPS) is 15.7. The van der Waals surface area contributed by atoms with Gasteiger partial charge in [0.1, 0.15) is 5.82 Å². The smallest absolute Gasteiger partial charge is 0.224 e. The number of hydrogen-bond acceptors (Lipinski definition) is 3. The first-order valence-electron chi connectivity index (χ1n) is 7.29. The van der Waals surface area contributed by atoms with E-state index in [0.717, 1.165) is 18.7 Å². The molecule has 7 heteroatoms. The van der Waals surface area contributed by atoms with Gasteiger partial charge in [0.15, 0.2) is 5.96 Å². The van der Waals surface area contributed by atoms with Crippen LogP contribution in [-0.4, -0.2) is 56.2 Å². The van der Waals surface area contributed by atoms with Gasteiger partial charge in [-0.15, -0.1) is 0 Å². The Balaban J connectivity index is 1.67. The van der Waals surface area contributed by atoms with E-state index in [1.807, 2.05) is 4.90 Å². The topological polar surface area (TPSA) is 79.9 Å². The molecule has 0 bridgehead atoms. The lowest BCUT2D eigenvalue weighted by atomic mass is 10.1. The summed E-state index contributed by atoms with van der Waals surface area (Å²) in [5.41, 5.74) is 6.65. The fourth-order valence-electron chi connectivity index (χ4n) is 2.11. The lowest BCUT2D eigenvalue weighted by Gasteiger charge is -2.27. The molecule has 3 N–H and O–H groups in total. The number of nitrogens with zero attached hydrogens (tertiary/aromatic N) is 2. The number of benzene rings is 1. The van der Waals surface area contributed by atoms with Gasteiger partial charge in [0.25, 0.3) is 0 Å². The lowest BCUT2D eigenvalue weighted by molar-refractivity contribution is -0.120. The number of nitrogens with two attached hydrogens (primary N) is 1. The molecule has 2 rings (SSSR count). The van der Waals surface area contributed by atoms with Crippen LogP contribution in [0, 0.1) is 5.82 Å². The molecule has 1 heterocycles. The first kappa shape index (κ1) is 16.2. The highest BCUT2D eigenvalue weighted by Gasteiger charge is 2.11. The molecule has 22 heavy (non-hydrogen) atoms. The third-order valence-corrected chi connectivity index (χ3v) is 3.32. The van der Waals surface area contributed by atoms with Gasteiger partial charge in [0, 0.05) is 19.6 Å². The molecule has 1 amide bonds. The minimum absolute atomic E-state index is 0.119. The number of rotatable bonds is 5. The van der Waals surface area contributed by atoms with E-state index in [-0.39, 0.29) is 18.1 Å². The third-order valence-electron chi connectivity index (χ3n) is 3.32. The molecule has 0 atom stereocenters. The second-order valence-electron chi connectivity index (χ2n) is 4.99. The third kappa shape index (κ3) is 5.33. The van der Waals surface area contributed by atoms with E-state index in [4.69, 9.17) is 10.5 Å². The number of hydrogen-bond donors (Lipinski definition) is 2. The van der Waals surface area contributed by atoms with Crippen LogP contribution in [0.15, 0.2) is 29.3 Å². The molecule has 1 aromatic rings. The summed E-state index contributed by atoms with van der Waals surface area (Å²) in [5, 5.41) is 2.77. The van der Waals surface area contributed by atoms with E-state index in [9.17, 15) is 9.18 Å². The van der Waals surface area contributed by atoms with Crippen LogP contribution >= 0.6 is 0 Å². The van der Waals surface area contributed by atoms with Crippen LogP contribution in [-0.2, 0) is 16.0 Å². The van der Waals surface area contributed by atoms with Gasteiger partial charge in [-0.2, -0.15) is 0 Å². The van der Waals surface area contributed by atoms with E-state index >= 15 is 0 Å². The molecule has 0 aliphatic carbocycles. The van der Waals surface area contributed by atoms with Gasteiger partial charge in [-0.1, -0.05) is 12.1 Å². The Labute approximate surface area is 129 Å². The monoisotopic (exact) mass is 308 g/mol. The Kier molecular flexibility index (Phi) is 6.14. The van der Waals surface area contributed by atoms with Crippen molar-refractivity contribution in [1.29, 1.82) is 0 Å². The van der Waals surface area contributed by atoms with Crippen LogP contribution < -0.4 is 11.1 Å². The number of morpholine rings is 1. The summed E-state index contributed by atoms with van der Waals surface area (Å²) in [7, 11) is 0. The molecule has 1 aliphatic heterocycles. The highest BCUT2D eigenvalue weighted by Crippen LogP contribution is 2.03. The average Bonchev–Trinajstić information content (AvgIpc) is 2.54. The highest BCUT2D eigenvalue weighted by atomic mass is 19.1.